The van der Waals surface area contributed by atoms with E-state index in [-0.39, 0.29) is 11.4 Å². The SMILES string of the molecule is O=C(CSc1ncnc2ccccc12)Nc1ccc(Cl)c(C(F)(F)F)c1. The van der Waals surface area contributed by atoms with E-state index >= 15 is 0 Å². The van der Waals surface area contributed by atoms with Gasteiger partial charge in [-0.3, -0.25) is 4.79 Å². The lowest BCUT2D eigenvalue weighted by atomic mass is 10.2. The highest BCUT2D eigenvalue weighted by atomic mass is 35.5. The van der Waals surface area contributed by atoms with Crippen LogP contribution in [0.1, 0.15) is 5.56 Å². The maximum atomic E-state index is 12.9. The summed E-state index contributed by atoms with van der Waals surface area (Å²) in [6.45, 7) is 0. The normalized spacial score (nSPS) is 11.5. The number of hydrogen-bond donors (Lipinski definition) is 1. The minimum Gasteiger partial charge on any atom is -0.325 e. The Kier molecular flexibility index (Phi) is 5.33. The fourth-order valence-electron chi connectivity index (χ4n) is 2.25. The number of carbonyl (C=O) groups excluding carboxylic acids is 1. The molecule has 0 saturated carbocycles. The summed E-state index contributed by atoms with van der Waals surface area (Å²) in [6, 6.07) is 10.6. The molecule has 0 atom stereocenters. The van der Waals surface area contributed by atoms with Crippen LogP contribution in [0, 0.1) is 0 Å². The number of hydrogen-bond acceptors (Lipinski definition) is 4. The number of alkyl halides is 3. The van der Waals surface area contributed by atoms with E-state index in [0.29, 0.717) is 5.03 Å². The van der Waals surface area contributed by atoms with Crippen molar-refractivity contribution in [1.82, 2.24) is 9.97 Å². The summed E-state index contributed by atoms with van der Waals surface area (Å²) in [5.74, 6) is -0.460. The van der Waals surface area contributed by atoms with Crippen LogP contribution in [0.5, 0.6) is 0 Å². The first-order valence-electron chi connectivity index (χ1n) is 7.34. The standard InChI is InChI=1S/C17H11ClF3N3OS/c18-13-6-5-10(7-12(13)17(19,20)21)24-15(25)8-26-16-11-3-1-2-4-14(11)22-9-23-16/h1-7,9H,8H2,(H,24,25). The van der Waals surface area contributed by atoms with Crippen molar-refractivity contribution in [3.63, 3.8) is 0 Å². The number of benzene rings is 2. The van der Waals surface area contributed by atoms with Gasteiger partial charge in [-0.2, -0.15) is 13.2 Å². The van der Waals surface area contributed by atoms with E-state index in [9.17, 15) is 18.0 Å². The Morgan fingerprint density at radius 2 is 1.92 bits per heavy atom. The Hall–Kier alpha value is -2.32. The minimum atomic E-state index is -4.59. The summed E-state index contributed by atoms with van der Waals surface area (Å²) in [4.78, 5) is 20.4. The van der Waals surface area contributed by atoms with Crippen molar-refractivity contribution < 1.29 is 18.0 Å². The predicted octanol–water partition coefficient (Wildman–Crippen LogP) is 5.03. The zero-order chi connectivity index (χ0) is 18.7. The van der Waals surface area contributed by atoms with Crippen LogP contribution in [-0.2, 0) is 11.0 Å². The molecule has 134 valence electrons. The lowest BCUT2D eigenvalue weighted by molar-refractivity contribution is -0.137. The van der Waals surface area contributed by atoms with Gasteiger partial charge in [0.25, 0.3) is 0 Å². The molecule has 0 spiro atoms. The van der Waals surface area contributed by atoms with Gasteiger partial charge < -0.3 is 5.32 Å². The van der Waals surface area contributed by atoms with E-state index in [1.807, 2.05) is 24.3 Å². The summed E-state index contributed by atoms with van der Waals surface area (Å²) >= 11 is 6.74. The summed E-state index contributed by atoms with van der Waals surface area (Å²) in [7, 11) is 0. The van der Waals surface area contributed by atoms with Crippen molar-refractivity contribution in [2.75, 3.05) is 11.1 Å². The van der Waals surface area contributed by atoms with Crippen LogP contribution in [0.2, 0.25) is 5.02 Å². The van der Waals surface area contributed by atoms with Crippen LogP contribution in [0.25, 0.3) is 10.9 Å². The van der Waals surface area contributed by atoms with Gasteiger partial charge in [-0.05, 0) is 24.3 Å². The van der Waals surface area contributed by atoms with Crippen LogP contribution < -0.4 is 5.32 Å². The third kappa shape index (κ3) is 4.25. The zero-order valence-electron chi connectivity index (χ0n) is 13.0. The lowest BCUT2D eigenvalue weighted by Crippen LogP contribution is -2.15. The number of halogens is 4. The maximum absolute atomic E-state index is 12.9. The van der Waals surface area contributed by atoms with Gasteiger partial charge in [0, 0.05) is 11.1 Å². The molecule has 3 rings (SSSR count). The number of thioether (sulfide) groups is 1. The van der Waals surface area contributed by atoms with Crippen LogP contribution in [-0.4, -0.2) is 21.6 Å². The molecule has 0 fully saturated rings. The van der Waals surface area contributed by atoms with E-state index in [0.717, 1.165) is 23.0 Å². The molecule has 0 radical (unpaired) electrons. The van der Waals surface area contributed by atoms with Crippen LogP contribution >= 0.6 is 23.4 Å². The van der Waals surface area contributed by atoms with Crippen molar-refractivity contribution in [2.24, 2.45) is 0 Å². The zero-order valence-corrected chi connectivity index (χ0v) is 14.6. The molecule has 1 amide bonds. The van der Waals surface area contributed by atoms with Crippen molar-refractivity contribution in [3.05, 3.63) is 59.4 Å². The topological polar surface area (TPSA) is 54.9 Å². The fraction of sp³-hybridized carbons (Fsp3) is 0.118. The van der Waals surface area contributed by atoms with E-state index < -0.39 is 22.7 Å². The number of fused-ring (bicyclic) bond motifs is 1. The second kappa shape index (κ2) is 7.51. The Morgan fingerprint density at radius 1 is 1.15 bits per heavy atom. The highest BCUT2D eigenvalue weighted by Crippen LogP contribution is 2.36. The molecule has 9 heteroatoms. The van der Waals surface area contributed by atoms with E-state index in [2.05, 4.69) is 15.3 Å². The van der Waals surface area contributed by atoms with Crippen LogP contribution in [0.3, 0.4) is 0 Å². The first-order valence-corrected chi connectivity index (χ1v) is 8.70. The largest absolute Gasteiger partial charge is 0.417 e. The lowest BCUT2D eigenvalue weighted by Gasteiger charge is -2.11. The second-order valence-corrected chi connectivity index (χ2v) is 6.60. The Morgan fingerprint density at radius 3 is 2.69 bits per heavy atom. The third-order valence-corrected chi connectivity index (χ3v) is 4.74. The first kappa shape index (κ1) is 18.5. The number of para-hydroxylation sites is 1. The average molecular weight is 398 g/mol. The number of nitrogens with one attached hydrogen (secondary N) is 1. The van der Waals surface area contributed by atoms with Gasteiger partial charge in [0.05, 0.1) is 21.9 Å². The Balaban J connectivity index is 1.70. The van der Waals surface area contributed by atoms with E-state index in [1.165, 1.54) is 24.2 Å². The van der Waals surface area contributed by atoms with Gasteiger partial charge in [-0.25, -0.2) is 9.97 Å². The van der Waals surface area contributed by atoms with Crippen molar-refractivity contribution in [2.45, 2.75) is 11.2 Å². The molecule has 26 heavy (non-hydrogen) atoms. The van der Waals surface area contributed by atoms with Crippen LogP contribution in [0.4, 0.5) is 18.9 Å². The molecule has 4 nitrogen and oxygen atoms in total. The monoisotopic (exact) mass is 397 g/mol. The highest BCUT2D eigenvalue weighted by molar-refractivity contribution is 8.00. The molecule has 1 aromatic heterocycles. The van der Waals surface area contributed by atoms with Gasteiger partial charge in [0.15, 0.2) is 0 Å². The summed E-state index contributed by atoms with van der Waals surface area (Å²) < 4.78 is 38.6. The molecule has 0 bridgehead atoms. The minimum absolute atomic E-state index is 0.00894. The van der Waals surface area contributed by atoms with Gasteiger partial charge >= 0.3 is 6.18 Å². The van der Waals surface area contributed by atoms with Crippen LogP contribution in [0.15, 0.2) is 53.8 Å². The van der Waals surface area contributed by atoms with Gasteiger partial charge in [0.1, 0.15) is 11.4 Å². The quantitative estimate of drug-likeness (QED) is 0.495. The van der Waals surface area contributed by atoms with Crippen molar-refractivity contribution >= 4 is 45.9 Å². The third-order valence-electron chi connectivity index (χ3n) is 3.40. The molecule has 0 saturated heterocycles. The van der Waals surface area contributed by atoms with E-state index in [1.54, 1.807) is 0 Å². The van der Waals surface area contributed by atoms with E-state index in [4.69, 9.17) is 11.6 Å². The number of nitrogens with zero attached hydrogens (tertiary/aromatic N) is 2. The molecule has 2 aromatic carbocycles. The molecule has 3 aromatic rings. The highest BCUT2D eigenvalue weighted by Gasteiger charge is 2.33. The molecule has 1 N–H and O–H groups in total. The molecular formula is C17H11ClF3N3OS. The summed E-state index contributed by atoms with van der Waals surface area (Å²) in [6.07, 6.45) is -3.19. The number of anilines is 1. The first-order chi connectivity index (χ1) is 12.3. The number of aromatic nitrogens is 2. The van der Waals surface area contributed by atoms with Gasteiger partial charge in [0.2, 0.25) is 5.91 Å². The maximum Gasteiger partial charge on any atom is 0.417 e. The summed E-state index contributed by atoms with van der Waals surface area (Å²) in [5.41, 5.74) is -0.218. The molecule has 0 aliphatic rings. The number of amides is 1. The molecular weight excluding hydrogens is 387 g/mol. The van der Waals surface area contributed by atoms with Crippen molar-refractivity contribution in [1.29, 1.82) is 0 Å². The second-order valence-electron chi connectivity index (χ2n) is 5.23. The van der Waals surface area contributed by atoms with Crippen molar-refractivity contribution in [3.8, 4) is 0 Å². The fourth-order valence-corrected chi connectivity index (χ4v) is 3.26. The molecule has 1 heterocycles. The molecule has 0 unspecified atom stereocenters. The number of rotatable bonds is 4. The molecule has 0 aliphatic heterocycles. The average Bonchev–Trinajstić information content (AvgIpc) is 2.60. The Labute approximate surface area is 155 Å². The molecule has 0 aliphatic carbocycles. The predicted molar refractivity (Wildman–Crippen MR) is 95.3 cm³/mol. The van der Waals surface area contributed by atoms with Gasteiger partial charge in [-0.15, -0.1) is 0 Å². The summed E-state index contributed by atoms with van der Waals surface area (Å²) in [5, 5.41) is 3.45. The van der Waals surface area contributed by atoms with Gasteiger partial charge in [-0.1, -0.05) is 41.6 Å². The number of carbonyl (C=O) groups is 1. The Bertz CT molecular complexity index is 960. The smallest absolute Gasteiger partial charge is 0.325 e.